The van der Waals surface area contributed by atoms with Crippen LogP contribution in [-0.4, -0.2) is 41.8 Å². The van der Waals surface area contributed by atoms with E-state index in [1.807, 2.05) is 19.2 Å². The smallest absolute Gasteiger partial charge is 0.257 e. The molecule has 1 aliphatic heterocycles. The van der Waals surface area contributed by atoms with Crippen LogP contribution in [0.5, 0.6) is 0 Å². The molecule has 144 valence electrons. The van der Waals surface area contributed by atoms with E-state index in [1.54, 1.807) is 15.9 Å². The molecular weight excluding hydrogens is 344 g/mol. The molecule has 6 nitrogen and oxygen atoms in total. The van der Waals surface area contributed by atoms with Gasteiger partial charge in [-0.15, -0.1) is 0 Å². The number of carbonyl (C=O) groups is 2. The third kappa shape index (κ3) is 3.80. The van der Waals surface area contributed by atoms with Crippen LogP contribution < -0.4 is 0 Å². The van der Waals surface area contributed by atoms with Crippen molar-refractivity contribution in [3.05, 3.63) is 47.8 Å². The number of nitrogens with zero attached hydrogens (tertiary/aromatic N) is 2. The number of amides is 2. The maximum absolute atomic E-state index is 12.8. The summed E-state index contributed by atoms with van der Waals surface area (Å²) in [4.78, 5) is 28.7. The molecule has 2 atom stereocenters. The van der Waals surface area contributed by atoms with Gasteiger partial charge in [0.1, 0.15) is 17.8 Å². The summed E-state index contributed by atoms with van der Waals surface area (Å²) in [7, 11) is 1.83. The highest BCUT2D eigenvalue weighted by Crippen LogP contribution is 2.47. The van der Waals surface area contributed by atoms with Gasteiger partial charge in [0.15, 0.2) is 0 Å². The van der Waals surface area contributed by atoms with Crippen LogP contribution in [0.3, 0.4) is 0 Å². The summed E-state index contributed by atoms with van der Waals surface area (Å²) < 4.78 is 10.9. The topological polar surface area (TPSA) is 66.9 Å². The molecule has 2 aliphatic rings. The maximum atomic E-state index is 12.8. The minimum atomic E-state index is -0.0405. The van der Waals surface area contributed by atoms with Gasteiger partial charge in [-0.25, -0.2) is 0 Å². The monoisotopic (exact) mass is 370 g/mol. The molecule has 2 amide bonds. The Labute approximate surface area is 159 Å². The molecule has 1 saturated heterocycles. The van der Waals surface area contributed by atoms with Gasteiger partial charge < -0.3 is 18.6 Å². The lowest BCUT2D eigenvalue weighted by Gasteiger charge is -2.32. The van der Waals surface area contributed by atoms with E-state index < -0.39 is 0 Å². The molecule has 1 aliphatic carbocycles. The van der Waals surface area contributed by atoms with Gasteiger partial charge in [-0.3, -0.25) is 9.59 Å². The lowest BCUT2D eigenvalue weighted by Crippen LogP contribution is -2.43. The van der Waals surface area contributed by atoms with Crippen molar-refractivity contribution in [3.63, 3.8) is 0 Å². The summed E-state index contributed by atoms with van der Waals surface area (Å²) in [5.41, 5.74) is 0.565. The van der Waals surface area contributed by atoms with Crippen LogP contribution in [0.1, 0.15) is 54.0 Å². The fourth-order valence-electron chi connectivity index (χ4n) is 3.92. The first-order valence-electron chi connectivity index (χ1n) is 9.68. The number of likely N-dealkylation sites (tertiary alicyclic amines) is 1. The molecule has 0 radical (unpaired) electrons. The zero-order chi connectivity index (χ0) is 19.0. The summed E-state index contributed by atoms with van der Waals surface area (Å²) in [6, 6.07) is 5.70. The van der Waals surface area contributed by atoms with E-state index in [2.05, 4.69) is 6.92 Å². The van der Waals surface area contributed by atoms with Crippen molar-refractivity contribution in [1.82, 2.24) is 9.80 Å². The number of hydrogen-bond donors (Lipinski definition) is 0. The number of rotatable bonds is 5. The molecule has 2 aromatic heterocycles. The van der Waals surface area contributed by atoms with Crippen LogP contribution in [0.2, 0.25) is 0 Å². The van der Waals surface area contributed by atoms with E-state index in [1.165, 1.54) is 18.9 Å². The maximum Gasteiger partial charge on any atom is 0.257 e. The van der Waals surface area contributed by atoms with Crippen LogP contribution in [0.25, 0.3) is 0 Å². The van der Waals surface area contributed by atoms with Crippen molar-refractivity contribution in [2.24, 2.45) is 11.8 Å². The number of furan rings is 2. The van der Waals surface area contributed by atoms with Crippen LogP contribution in [0.4, 0.5) is 0 Å². The molecule has 6 heteroatoms. The average molecular weight is 370 g/mol. The molecule has 27 heavy (non-hydrogen) atoms. The predicted molar refractivity (Wildman–Crippen MR) is 99.0 cm³/mol. The summed E-state index contributed by atoms with van der Waals surface area (Å²) in [6.45, 7) is 3.91. The molecule has 2 fully saturated rings. The minimum absolute atomic E-state index is 0.0274. The second kappa shape index (κ2) is 7.25. The average Bonchev–Trinajstić information content (AvgIpc) is 3.10. The Balaban J connectivity index is 1.28. The second-order valence-electron chi connectivity index (χ2n) is 7.90. The van der Waals surface area contributed by atoms with Crippen molar-refractivity contribution >= 4 is 11.8 Å². The molecule has 0 N–H and O–H groups in total. The van der Waals surface area contributed by atoms with Crippen molar-refractivity contribution < 1.29 is 18.4 Å². The van der Waals surface area contributed by atoms with Gasteiger partial charge in [-0.2, -0.15) is 0 Å². The highest BCUT2D eigenvalue weighted by atomic mass is 16.3. The summed E-state index contributed by atoms with van der Waals surface area (Å²) in [5, 5.41) is 0. The number of hydrogen-bond acceptors (Lipinski definition) is 4. The first-order chi connectivity index (χ1) is 13.0. The molecular formula is C21H26N2O4. The van der Waals surface area contributed by atoms with Crippen molar-refractivity contribution in [2.75, 3.05) is 20.1 Å². The Morgan fingerprint density at radius 2 is 1.96 bits per heavy atom. The van der Waals surface area contributed by atoms with Crippen LogP contribution in [0, 0.1) is 11.8 Å². The number of carbonyl (C=O) groups excluding carboxylic acids is 2. The minimum Gasteiger partial charge on any atom is -0.472 e. The highest BCUT2D eigenvalue weighted by Gasteiger charge is 2.37. The second-order valence-corrected chi connectivity index (χ2v) is 7.90. The highest BCUT2D eigenvalue weighted by molar-refractivity contribution is 5.94. The van der Waals surface area contributed by atoms with Gasteiger partial charge in [0.05, 0.1) is 18.4 Å². The molecule has 0 aromatic carbocycles. The Kier molecular flexibility index (Phi) is 4.81. The van der Waals surface area contributed by atoms with Crippen molar-refractivity contribution in [2.45, 2.75) is 38.6 Å². The first kappa shape index (κ1) is 17.9. The summed E-state index contributed by atoms with van der Waals surface area (Å²) in [5.74, 6) is 3.21. The Morgan fingerprint density at radius 1 is 1.22 bits per heavy atom. The van der Waals surface area contributed by atoms with Gasteiger partial charge in [0.25, 0.3) is 5.91 Å². The molecule has 0 unspecified atom stereocenters. The van der Waals surface area contributed by atoms with Gasteiger partial charge in [-0.1, -0.05) is 6.92 Å². The molecule has 3 heterocycles. The largest absolute Gasteiger partial charge is 0.472 e. The van der Waals surface area contributed by atoms with E-state index >= 15 is 0 Å². The Bertz CT molecular complexity index is 802. The SMILES string of the molecule is C[C@H]1C[C@H]1c1ccc(CN(C)C(=O)C2CCN(C(=O)c3ccoc3)CC2)o1. The third-order valence-electron chi connectivity index (χ3n) is 5.83. The van der Waals surface area contributed by atoms with Crippen LogP contribution >= 0.6 is 0 Å². The van der Waals surface area contributed by atoms with Crippen LogP contribution in [-0.2, 0) is 11.3 Å². The van der Waals surface area contributed by atoms with Gasteiger partial charge in [0.2, 0.25) is 5.91 Å². The van der Waals surface area contributed by atoms with Crippen molar-refractivity contribution in [3.8, 4) is 0 Å². The Hall–Kier alpha value is -2.50. The van der Waals surface area contributed by atoms with E-state index in [0.29, 0.717) is 49.9 Å². The quantitative estimate of drug-likeness (QED) is 0.808. The lowest BCUT2D eigenvalue weighted by atomic mass is 9.95. The third-order valence-corrected chi connectivity index (χ3v) is 5.83. The fraction of sp³-hybridized carbons (Fsp3) is 0.524. The van der Waals surface area contributed by atoms with Gasteiger partial charge in [0, 0.05) is 32.0 Å². The predicted octanol–water partition coefficient (Wildman–Crippen LogP) is 3.51. The van der Waals surface area contributed by atoms with Gasteiger partial charge >= 0.3 is 0 Å². The standard InChI is InChI=1S/C21H26N2O4/c1-14-11-18(14)19-4-3-17(27-19)12-22(2)20(24)15-5-8-23(9-6-15)21(25)16-7-10-26-13-16/h3-4,7,10,13-15,18H,5-6,8-9,11-12H2,1-2H3/t14-,18+/m0/s1. The van der Waals surface area contributed by atoms with E-state index in [0.717, 1.165) is 11.5 Å². The fourth-order valence-corrected chi connectivity index (χ4v) is 3.92. The normalized spacial score (nSPS) is 22.7. The van der Waals surface area contributed by atoms with Crippen molar-refractivity contribution in [1.29, 1.82) is 0 Å². The van der Waals surface area contributed by atoms with E-state index in [4.69, 9.17) is 8.83 Å². The lowest BCUT2D eigenvalue weighted by molar-refractivity contribution is -0.136. The Morgan fingerprint density at radius 3 is 2.59 bits per heavy atom. The summed E-state index contributed by atoms with van der Waals surface area (Å²) >= 11 is 0. The van der Waals surface area contributed by atoms with E-state index in [9.17, 15) is 9.59 Å². The van der Waals surface area contributed by atoms with Crippen LogP contribution in [0.15, 0.2) is 39.6 Å². The molecule has 1 saturated carbocycles. The summed E-state index contributed by atoms with van der Waals surface area (Å²) in [6.07, 6.45) is 5.54. The molecule has 4 rings (SSSR count). The zero-order valence-electron chi connectivity index (χ0n) is 15.9. The number of piperidine rings is 1. The van der Waals surface area contributed by atoms with E-state index in [-0.39, 0.29) is 17.7 Å². The van der Waals surface area contributed by atoms with Gasteiger partial charge in [-0.05, 0) is 43.4 Å². The first-order valence-corrected chi connectivity index (χ1v) is 9.68. The molecule has 0 spiro atoms. The zero-order valence-corrected chi connectivity index (χ0v) is 15.9. The molecule has 0 bridgehead atoms. The molecule has 2 aromatic rings.